The molecule has 1 atom stereocenters. The van der Waals surface area contributed by atoms with Gasteiger partial charge >= 0.3 is 0 Å². The van der Waals surface area contributed by atoms with Crippen LogP contribution in [0.5, 0.6) is 11.5 Å². The predicted molar refractivity (Wildman–Crippen MR) is 89.9 cm³/mol. The van der Waals surface area contributed by atoms with E-state index in [1.54, 1.807) is 14.2 Å². The second kappa shape index (κ2) is 5.93. The first-order chi connectivity index (χ1) is 10.7. The highest BCUT2D eigenvalue weighted by Gasteiger charge is 2.32. The van der Waals surface area contributed by atoms with E-state index in [9.17, 15) is 4.79 Å². The van der Waals surface area contributed by atoms with Crippen LogP contribution in [0.1, 0.15) is 10.8 Å². The molecule has 4 nitrogen and oxygen atoms in total. The summed E-state index contributed by atoms with van der Waals surface area (Å²) in [5, 5.41) is 2.74. The summed E-state index contributed by atoms with van der Waals surface area (Å²) in [6, 6.07) is 11.6. The largest absolute Gasteiger partial charge is 0.497 e. The van der Waals surface area contributed by atoms with Gasteiger partial charge in [0.2, 0.25) is 5.91 Å². The van der Waals surface area contributed by atoms with Gasteiger partial charge in [-0.25, -0.2) is 0 Å². The van der Waals surface area contributed by atoms with Crippen molar-refractivity contribution in [2.75, 3.05) is 25.8 Å². The molecule has 0 fully saturated rings. The van der Waals surface area contributed by atoms with Crippen LogP contribution in [-0.2, 0) is 4.79 Å². The summed E-state index contributed by atoms with van der Waals surface area (Å²) in [6.45, 7) is 0. The van der Waals surface area contributed by atoms with E-state index in [0.717, 1.165) is 33.9 Å². The van der Waals surface area contributed by atoms with Gasteiger partial charge in [-0.3, -0.25) is 4.79 Å². The predicted octanol–water partition coefficient (Wildman–Crippen LogP) is 3.73. The third-order valence-electron chi connectivity index (χ3n) is 3.80. The fraction of sp³-hybridized carbons (Fsp3) is 0.235. The number of anilines is 1. The van der Waals surface area contributed by atoms with E-state index in [-0.39, 0.29) is 11.2 Å². The van der Waals surface area contributed by atoms with Gasteiger partial charge in [0, 0.05) is 16.8 Å². The highest BCUT2D eigenvalue weighted by Crippen LogP contribution is 2.46. The Balaban J connectivity index is 2.23. The Bertz CT molecular complexity index is 730. The topological polar surface area (TPSA) is 47.6 Å². The first-order valence-corrected chi connectivity index (χ1v) is 8.17. The lowest BCUT2D eigenvalue weighted by Gasteiger charge is -2.15. The number of carbonyl (C=O) groups excluding carboxylic acids is 1. The Hall–Kier alpha value is -2.14. The number of fused-ring (bicyclic) bond motifs is 1. The van der Waals surface area contributed by atoms with E-state index in [1.807, 2.05) is 42.7 Å². The number of nitrogens with one attached hydrogen (secondary N) is 1. The van der Waals surface area contributed by atoms with Crippen molar-refractivity contribution in [1.29, 1.82) is 0 Å². The van der Waals surface area contributed by atoms with Crippen molar-refractivity contribution in [3.05, 3.63) is 42.0 Å². The fourth-order valence-corrected chi connectivity index (χ4v) is 3.53. The molecule has 0 spiro atoms. The van der Waals surface area contributed by atoms with Crippen LogP contribution in [-0.4, -0.2) is 26.4 Å². The minimum Gasteiger partial charge on any atom is -0.497 e. The van der Waals surface area contributed by atoms with Crippen LogP contribution in [0.3, 0.4) is 0 Å². The Kier molecular flexibility index (Phi) is 3.98. The van der Waals surface area contributed by atoms with Gasteiger partial charge in [0.1, 0.15) is 16.7 Å². The average Bonchev–Trinajstić information content (AvgIpc) is 2.89. The molecule has 1 N–H and O–H groups in total. The molecule has 5 heteroatoms. The molecule has 2 aromatic carbocycles. The Labute approximate surface area is 133 Å². The lowest BCUT2D eigenvalue weighted by molar-refractivity contribution is -0.115. The van der Waals surface area contributed by atoms with Crippen LogP contribution in [0, 0.1) is 0 Å². The van der Waals surface area contributed by atoms with Gasteiger partial charge in [-0.2, -0.15) is 0 Å². The standard InChI is InChI=1S/C17H17NO3S/c1-20-10-7-8-14(21-2)12(9-10)11-5-4-6-13-15(11)16(22-3)17(19)18-13/h4-9,16H,1-3H3,(H,18,19). The molecule has 22 heavy (non-hydrogen) atoms. The van der Waals surface area contributed by atoms with Crippen molar-refractivity contribution in [1.82, 2.24) is 0 Å². The van der Waals surface area contributed by atoms with Crippen molar-refractivity contribution < 1.29 is 14.3 Å². The molecule has 1 unspecified atom stereocenters. The van der Waals surface area contributed by atoms with Gasteiger partial charge in [-0.1, -0.05) is 12.1 Å². The summed E-state index contributed by atoms with van der Waals surface area (Å²) in [5.41, 5.74) is 3.79. The maximum Gasteiger partial charge on any atom is 0.242 e. The summed E-state index contributed by atoms with van der Waals surface area (Å²) in [4.78, 5) is 12.1. The van der Waals surface area contributed by atoms with Crippen LogP contribution in [0.25, 0.3) is 11.1 Å². The van der Waals surface area contributed by atoms with E-state index >= 15 is 0 Å². The number of ether oxygens (including phenoxy) is 2. The molecule has 2 aromatic rings. The number of methoxy groups -OCH3 is 2. The highest BCUT2D eigenvalue weighted by atomic mass is 32.2. The van der Waals surface area contributed by atoms with E-state index in [4.69, 9.17) is 9.47 Å². The molecule has 0 radical (unpaired) electrons. The van der Waals surface area contributed by atoms with Gasteiger partial charge < -0.3 is 14.8 Å². The van der Waals surface area contributed by atoms with Crippen LogP contribution in [0.15, 0.2) is 36.4 Å². The van der Waals surface area contributed by atoms with Crippen molar-refractivity contribution in [3.8, 4) is 22.6 Å². The van der Waals surface area contributed by atoms with Crippen LogP contribution >= 0.6 is 11.8 Å². The lowest BCUT2D eigenvalue weighted by atomic mass is 9.96. The zero-order chi connectivity index (χ0) is 15.7. The van der Waals surface area contributed by atoms with Crippen LogP contribution < -0.4 is 14.8 Å². The highest BCUT2D eigenvalue weighted by molar-refractivity contribution is 7.99. The summed E-state index contributed by atoms with van der Waals surface area (Å²) in [6.07, 6.45) is 1.94. The number of rotatable bonds is 4. The SMILES string of the molecule is COc1ccc(OC)c(-c2cccc3c2C(SC)C(=O)N3)c1. The Morgan fingerprint density at radius 2 is 1.91 bits per heavy atom. The van der Waals surface area contributed by atoms with Crippen molar-refractivity contribution in [3.63, 3.8) is 0 Å². The molecule has 0 aromatic heterocycles. The molecular formula is C17H17NO3S. The van der Waals surface area contributed by atoms with Crippen molar-refractivity contribution >= 4 is 23.4 Å². The minimum absolute atomic E-state index is 0.0248. The maximum absolute atomic E-state index is 12.1. The van der Waals surface area contributed by atoms with Gasteiger partial charge in [0.25, 0.3) is 0 Å². The van der Waals surface area contributed by atoms with Crippen LogP contribution in [0.2, 0.25) is 0 Å². The number of hydrogen-bond acceptors (Lipinski definition) is 4. The molecule has 0 bridgehead atoms. The smallest absolute Gasteiger partial charge is 0.242 e. The third-order valence-corrected chi connectivity index (χ3v) is 4.72. The van der Waals surface area contributed by atoms with Gasteiger partial charge in [0.05, 0.1) is 14.2 Å². The summed E-state index contributed by atoms with van der Waals surface area (Å²) < 4.78 is 10.8. The second-order valence-corrected chi connectivity index (χ2v) is 5.88. The maximum atomic E-state index is 12.1. The zero-order valence-electron chi connectivity index (χ0n) is 12.7. The molecule has 1 aliphatic heterocycles. The number of hydrogen-bond donors (Lipinski definition) is 1. The molecule has 1 aliphatic rings. The van der Waals surface area contributed by atoms with Crippen LogP contribution in [0.4, 0.5) is 5.69 Å². The second-order valence-electron chi connectivity index (χ2n) is 4.94. The van der Waals surface area contributed by atoms with E-state index in [2.05, 4.69) is 5.32 Å². The normalized spacial score (nSPS) is 16.1. The molecule has 114 valence electrons. The Morgan fingerprint density at radius 3 is 2.59 bits per heavy atom. The molecular weight excluding hydrogens is 298 g/mol. The fourth-order valence-electron chi connectivity index (χ4n) is 2.77. The van der Waals surface area contributed by atoms with E-state index in [1.165, 1.54) is 11.8 Å². The minimum atomic E-state index is -0.206. The Morgan fingerprint density at radius 1 is 1.09 bits per heavy atom. The molecule has 3 rings (SSSR count). The molecule has 1 amide bonds. The summed E-state index contributed by atoms with van der Waals surface area (Å²) in [7, 11) is 3.28. The van der Waals surface area contributed by atoms with E-state index < -0.39 is 0 Å². The third kappa shape index (κ3) is 2.31. The van der Waals surface area contributed by atoms with E-state index in [0.29, 0.717) is 0 Å². The number of amides is 1. The first kappa shape index (κ1) is 14.8. The quantitative estimate of drug-likeness (QED) is 0.934. The molecule has 0 saturated heterocycles. The van der Waals surface area contributed by atoms with Crippen molar-refractivity contribution in [2.45, 2.75) is 5.25 Å². The van der Waals surface area contributed by atoms with Gasteiger partial charge in [-0.15, -0.1) is 11.8 Å². The number of carbonyl (C=O) groups is 1. The summed E-state index contributed by atoms with van der Waals surface area (Å²) >= 11 is 1.53. The van der Waals surface area contributed by atoms with Gasteiger partial charge in [-0.05, 0) is 36.1 Å². The number of thioether (sulfide) groups is 1. The monoisotopic (exact) mass is 315 g/mol. The average molecular weight is 315 g/mol. The number of benzene rings is 2. The lowest BCUT2D eigenvalue weighted by Crippen LogP contribution is -2.08. The molecule has 0 aliphatic carbocycles. The van der Waals surface area contributed by atoms with Gasteiger partial charge in [0.15, 0.2) is 0 Å². The summed E-state index contributed by atoms with van der Waals surface area (Å²) in [5.74, 6) is 1.54. The molecule has 0 saturated carbocycles. The van der Waals surface area contributed by atoms with Crippen molar-refractivity contribution in [2.24, 2.45) is 0 Å². The molecule has 1 heterocycles. The zero-order valence-corrected chi connectivity index (χ0v) is 13.5. The first-order valence-electron chi connectivity index (χ1n) is 6.88.